The van der Waals surface area contributed by atoms with Crippen LogP contribution in [0.2, 0.25) is 0 Å². The van der Waals surface area contributed by atoms with Crippen molar-refractivity contribution < 1.29 is 14.6 Å². The number of phenols is 1. The number of phenolic OH excluding ortho intramolecular Hbond substituents is 1. The molecule has 1 heterocycles. The number of hydrazone groups is 1. The molecule has 0 aliphatic heterocycles. The lowest BCUT2D eigenvalue weighted by molar-refractivity contribution is -0.121. The van der Waals surface area contributed by atoms with Gasteiger partial charge in [-0.2, -0.15) is 10.2 Å². The van der Waals surface area contributed by atoms with E-state index in [9.17, 15) is 9.90 Å². The van der Waals surface area contributed by atoms with Gasteiger partial charge in [-0.25, -0.2) is 15.1 Å². The molecule has 2 aromatic rings. The van der Waals surface area contributed by atoms with Gasteiger partial charge in [0.2, 0.25) is 0 Å². The highest BCUT2D eigenvalue weighted by Crippen LogP contribution is 2.26. The Morgan fingerprint density at radius 2 is 2.43 bits per heavy atom. The first kappa shape index (κ1) is 14.5. The molecule has 0 bridgehead atoms. The van der Waals surface area contributed by atoms with Crippen LogP contribution in [0.1, 0.15) is 12.5 Å². The van der Waals surface area contributed by atoms with Crippen LogP contribution in [0.5, 0.6) is 11.5 Å². The van der Waals surface area contributed by atoms with E-state index in [0.717, 1.165) is 0 Å². The van der Waals surface area contributed by atoms with Crippen LogP contribution >= 0.6 is 0 Å². The molecule has 0 fully saturated rings. The molecular formula is C13H15N5O3. The molecule has 0 spiro atoms. The van der Waals surface area contributed by atoms with E-state index in [2.05, 4.69) is 20.6 Å². The monoisotopic (exact) mass is 289 g/mol. The summed E-state index contributed by atoms with van der Waals surface area (Å²) in [4.78, 5) is 15.3. The molecule has 1 amide bonds. The van der Waals surface area contributed by atoms with E-state index >= 15 is 0 Å². The standard InChI is InChI=1S/C13H15N5O3/c1-2-21-12-5-10(3-4-11(12)19)6-15-17-13(20)7-18-9-14-8-16-18/h3-6,8-9,19H,2,7H2,1H3,(H,17,20). The van der Waals surface area contributed by atoms with Crippen LogP contribution in [0.25, 0.3) is 0 Å². The van der Waals surface area contributed by atoms with Crippen molar-refractivity contribution in [2.45, 2.75) is 13.5 Å². The molecule has 0 aliphatic rings. The van der Waals surface area contributed by atoms with Gasteiger partial charge in [0.25, 0.3) is 5.91 Å². The Morgan fingerprint density at radius 1 is 1.57 bits per heavy atom. The Labute approximate surface area is 121 Å². The number of aromatic hydroxyl groups is 1. The zero-order valence-electron chi connectivity index (χ0n) is 11.4. The summed E-state index contributed by atoms with van der Waals surface area (Å²) in [5.74, 6) is 0.111. The minimum absolute atomic E-state index is 0.0388. The second-order valence-corrected chi connectivity index (χ2v) is 4.05. The van der Waals surface area contributed by atoms with Crippen molar-refractivity contribution in [3.8, 4) is 11.5 Å². The number of hydrogen-bond acceptors (Lipinski definition) is 6. The van der Waals surface area contributed by atoms with Gasteiger partial charge >= 0.3 is 0 Å². The van der Waals surface area contributed by atoms with Crippen molar-refractivity contribution in [3.05, 3.63) is 36.4 Å². The van der Waals surface area contributed by atoms with Gasteiger partial charge in [-0.15, -0.1) is 0 Å². The first-order valence-electron chi connectivity index (χ1n) is 6.29. The third-order valence-electron chi connectivity index (χ3n) is 2.46. The summed E-state index contributed by atoms with van der Waals surface area (Å²) in [7, 11) is 0. The SMILES string of the molecule is CCOc1cc(C=NNC(=O)Cn2cncn2)ccc1O. The van der Waals surface area contributed by atoms with Gasteiger partial charge in [0.15, 0.2) is 11.5 Å². The highest BCUT2D eigenvalue weighted by Gasteiger charge is 2.03. The number of nitrogens with zero attached hydrogens (tertiary/aromatic N) is 4. The lowest BCUT2D eigenvalue weighted by atomic mass is 10.2. The van der Waals surface area contributed by atoms with Gasteiger partial charge in [-0.1, -0.05) is 0 Å². The van der Waals surface area contributed by atoms with Crippen molar-refractivity contribution in [2.24, 2.45) is 5.10 Å². The van der Waals surface area contributed by atoms with Crippen molar-refractivity contribution in [1.82, 2.24) is 20.2 Å². The highest BCUT2D eigenvalue weighted by molar-refractivity contribution is 5.83. The van der Waals surface area contributed by atoms with Gasteiger partial charge in [-0.3, -0.25) is 4.79 Å². The number of carbonyl (C=O) groups is 1. The third kappa shape index (κ3) is 4.30. The number of amides is 1. The van der Waals surface area contributed by atoms with E-state index in [4.69, 9.17) is 4.74 Å². The van der Waals surface area contributed by atoms with E-state index < -0.39 is 0 Å². The molecule has 0 atom stereocenters. The molecule has 0 unspecified atom stereocenters. The fraction of sp³-hybridized carbons (Fsp3) is 0.231. The number of ether oxygens (including phenoxy) is 1. The van der Waals surface area contributed by atoms with Crippen LogP contribution in [0.15, 0.2) is 36.0 Å². The summed E-state index contributed by atoms with van der Waals surface area (Å²) in [5, 5.41) is 17.2. The summed E-state index contributed by atoms with van der Waals surface area (Å²) in [6, 6.07) is 4.79. The third-order valence-corrected chi connectivity index (χ3v) is 2.46. The molecular weight excluding hydrogens is 274 g/mol. The van der Waals surface area contributed by atoms with Crippen LogP contribution in [0.4, 0.5) is 0 Å². The average molecular weight is 289 g/mol. The van der Waals surface area contributed by atoms with Gasteiger partial charge in [0.05, 0.1) is 12.8 Å². The van der Waals surface area contributed by atoms with Gasteiger partial charge in [0.1, 0.15) is 19.2 Å². The molecule has 21 heavy (non-hydrogen) atoms. The lowest BCUT2D eigenvalue weighted by Gasteiger charge is -2.06. The van der Waals surface area contributed by atoms with E-state index in [1.807, 2.05) is 6.92 Å². The molecule has 1 aromatic heterocycles. The Bertz CT molecular complexity index is 625. The Hall–Kier alpha value is -2.90. The maximum Gasteiger partial charge on any atom is 0.261 e. The second kappa shape index (κ2) is 7.04. The molecule has 0 aliphatic carbocycles. The Balaban J connectivity index is 1.91. The molecule has 2 rings (SSSR count). The minimum Gasteiger partial charge on any atom is -0.504 e. The topological polar surface area (TPSA) is 102 Å². The summed E-state index contributed by atoms with van der Waals surface area (Å²) >= 11 is 0. The minimum atomic E-state index is -0.319. The van der Waals surface area contributed by atoms with Crippen LogP contribution < -0.4 is 10.2 Å². The van der Waals surface area contributed by atoms with E-state index in [0.29, 0.717) is 17.9 Å². The van der Waals surface area contributed by atoms with Crippen LogP contribution in [0, 0.1) is 0 Å². The average Bonchev–Trinajstić information content (AvgIpc) is 2.95. The van der Waals surface area contributed by atoms with Gasteiger partial charge in [-0.05, 0) is 30.7 Å². The predicted molar refractivity (Wildman–Crippen MR) is 75.0 cm³/mol. The zero-order valence-corrected chi connectivity index (χ0v) is 11.4. The summed E-state index contributed by atoms with van der Waals surface area (Å²) in [5.41, 5.74) is 3.07. The van der Waals surface area contributed by atoms with Crippen molar-refractivity contribution >= 4 is 12.1 Å². The molecule has 0 radical (unpaired) electrons. The van der Waals surface area contributed by atoms with E-state index in [-0.39, 0.29) is 18.2 Å². The van der Waals surface area contributed by atoms with Crippen LogP contribution in [0.3, 0.4) is 0 Å². The largest absolute Gasteiger partial charge is 0.504 e. The van der Waals surface area contributed by atoms with Gasteiger partial charge < -0.3 is 9.84 Å². The van der Waals surface area contributed by atoms with E-state index in [1.54, 1.807) is 12.1 Å². The summed E-state index contributed by atoms with van der Waals surface area (Å²) in [6.45, 7) is 2.31. The quantitative estimate of drug-likeness (QED) is 0.596. The molecule has 1 aromatic carbocycles. The fourth-order valence-electron chi connectivity index (χ4n) is 1.56. The number of hydrogen-bond donors (Lipinski definition) is 2. The van der Waals surface area contributed by atoms with Crippen LogP contribution in [-0.2, 0) is 11.3 Å². The van der Waals surface area contributed by atoms with Gasteiger partial charge in [0, 0.05) is 0 Å². The first-order chi connectivity index (χ1) is 10.2. The Kier molecular flexibility index (Phi) is 4.86. The number of aromatic nitrogens is 3. The number of carbonyl (C=O) groups excluding carboxylic acids is 1. The first-order valence-corrected chi connectivity index (χ1v) is 6.29. The maximum atomic E-state index is 11.5. The highest BCUT2D eigenvalue weighted by atomic mass is 16.5. The number of benzene rings is 1. The van der Waals surface area contributed by atoms with Crippen LogP contribution in [-0.4, -0.2) is 38.6 Å². The fourth-order valence-corrected chi connectivity index (χ4v) is 1.56. The summed E-state index contributed by atoms with van der Waals surface area (Å²) < 4.78 is 6.64. The molecule has 8 nitrogen and oxygen atoms in total. The Morgan fingerprint density at radius 3 is 3.14 bits per heavy atom. The zero-order chi connectivity index (χ0) is 15.1. The summed E-state index contributed by atoms with van der Waals surface area (Å²) in [6.07, 6.45) is 4.25. The second-order valence-electron chi connectivity index (χ2n) is 4.05. The maximum absolute atomic E-state index is 11.5. The molecule has 2 N–H and O–H groups in total. The van der Waals surface area contributed by atoms with Crippen molar-refractivity contribution in [1.29, 1.82) is 0 Å². The number of nitrogens with one attached hydrogen (secondary N) is 1. The molecule has 0 saturated carbocycles. The normalized spacial score (nSPS) is 10.7. The molecule has 110 valence electrons. The van der Waals surface area contributed by atoms with Crippen molar-refractivity contribution in [2.75, 3.05) is 6.61 Å². The smallest absolute Gasteiger partial charge is 0.261 e. The van der Waals surface area contributed by atoms with Crippen molar-refractivity contribution in [3.63, 3.8) is 0 Å². The molecule has 8 heteroatoms. The van der Waals surface area contributed by atoms with E-state index in [1.165, 1.54) is 29.6 Å². The number of rotatable bonds is 6. The molecule has 0 saturated heterocycles. The lowest BCUT2D eigenvalue weighted by Crippen LogP contribution is -2.23. The predicted octanol–water partition coefficient (Wildman–Crippen LogP) is 0.533.